The van der Waals surface area contributed by atoms with Gasteiger partial charge in [-0.1, -0.05) is 12.1 Å². The maximum absolute atomic E-state index is 13.0. The number of amides is 2. The zero-order chi connectivity index (χ0) is 20.5. The first-order valence-electron chi connectivity index (χ1n) is 9.73. The quantitative estimate of drug-likeness (QED) is 0.576. The molecule has 8 heteroatoms. The van der Waals surface area contributed by atoms with Crippen LogP contribution < -0.4 is 15.8 Å². The Hall–Kier alpha value is -3.06. The van der Waals surface area contributed by atoms with Crippen LogP contribution in [0.5, 0.6) is 5.75 Å². The number of hydrogen-bond donors (Lipinski definition) is 2. The van der Waals surface area contributed by atoms with Gasteiger partial charge in [0, 0.05) is 30.3 Å². The standard InChI is InChI=1S/C22H23N3O4.ClH/c1-13-21(27)24-18-12-15(6-7-19(18)29-13)20(26)14-8-10-25(11-9-14)22(28)16-4-2-3-5-17(16)23;/h2-7,12-14H,8-11,23H2,1H3,(H,24,27);1H. The van der Waals surface area contributed by atoms with Crippen molar-refractivity contribution in [2.45, 2.75) is 25.9 Å². The number of Topliss-reactive ketones (excluding diaryl/α,β-unsaturated/α-hetero) is 1. The summed E-state index contributed by atoms with van der Waals surface area (Å²) in [5, 5.41) is 2.77. The number of para-hydroxylation sites is 1. The first kappa shape index (κ1) is 21.6. The Morgan fingerprint density at radius 1 is 1.13 bits per heavy atom. The Bertz CT molecular complexity index is 986. The maximum atomic E-state index is 13.0. The smallest absolute Gasteiger partial charge is 0.265 e. The van der Waals surface area contributed by atoms with Gasteiger partial charge >= 0.3 is 0 Å². The molecule has 30 heavy (non-hydrogen) atoms. The number of nitrogens with two attached hydrogens (primary N) is 1. The average molecular weight is 430 g/mol. The summed E-state index contributed by atoms with van der Waals surface area (Å²) >= 11 is 0. The second-order valence-corrected chi connectivity index (χ2v) is 7.48. The van der Waals surface area contributed by atoms with Crippen molar-refractivity contribution < 1.29 is 19.1 Å². The summed E-state index contributed by atoms with van der Waals surface area (Å²) in [6.45, 7) is 2.69. The molecule has 0 bridgehead atoms. The normalized spacial score (nSPS) is 18.5. The lowest BCUT2D eigenvalue weighted by Gasteiger charge is -2.32. The van der Waals surface area contributed by atoms with E-state index in [-0.39, 0.29) is 35.9 Å². The molecule has 0 saturated carbocycles. The van der Waals surface area contributed by atoms with E-state index in [1.807, 2.05) is 0 Å². The molecule has 2 aliphatic heterocycles. The lowest BCUT2D eigenvalue weighted by molar-refractivity contribution is -0.122. The van der Waals surface area contributed by atoms with Crippen LogP contribution in [0.1, 0.15) is 40.5 Å². The third-order valence-electron chi connectivity index (χ3n) is 5.54. The lowest BCUT2D eigenvalue weighted by Crippen LogP contribution is -2.40. The highest BCUT2D eigenvalue weighted by atomic mass is 35.5. The van der Waals surface area contributed by atoms with E-state index < -0.39 is 6.10 Å². The number of anilines is 2. The Balaban J connectivity index is 0.00000256. The van der Waals surface area contributed by atoms with Gasteiger partial charge in [-0.2, -0.15) is 0 Å². The van der Waals surface area contributed by atoms with E-state index in [0.29, 0.717) is 54.2 Å². The molecule has 2 aliphatic rings. The summed E-state index contributed by atoms with van der Waals surface area (Å²) < 4.78 is 5.54. The molecule has 2 aromatic rings. The highest BCUT2D eigenvalue weighted by molar-refractivity contribution is 6.03. The van der Waals surface area contributed by atoms with E-state index in [4.69, 9.17) is 10.5 Å². The molecule has 1 atom stereocenters. The number of nitrogen functional groups attached to an aromatic ring is 1. The van der Waals surface area contributed by atoms with Gasteiger partial charge in [-0.05, 0) is 50.1 Å². The first-order valence-corrected chi connectivity index (χ1v) is 9.73. The summed E-state index contributed by atoms with van der Waals surface area (Å²) in [6.07, 6.45) is 0.632. The van der Waals surface area contributed by atoms with E-state index in [1.165, 1.54) is 0 Å². The molecular formula is C22H24ClN3O4. The van der Waals surface area contributed by atoms with Gasteiger partial charge in [0.1, 0.15) is 5.75 Å². The predicted molar refractivity (Wildman–Crippen MR) is 116 cm³/mol. The minimum atomic E-state index is -0.551. The number of carbonyl (C=O) groups is 3. The number of carbonyl (C=O) groups excluding carboxylic acids is 3. The third-order valence-corrected chi connectivity index (χ3v) is 5.54. The number of ketones is 1. The molecule has 0 spiro atoms. The van der Waals surface area contributed by atoms with Gasteiger partial charge in [0.05, 0.1) is 11.3 Å². The second-order valence-electron chi connectivity index (χ2n) is 7.48. The van der Waals surface area contributed by atoms with E-state index in [9.17, 15) is 14.4 Å². The van der Waals surface area contributed by atoms with E-state index >= 15 is 0 Å². The molecule has 2 heterocycles. The maximum Gasteiger partial charge on any atom is 0.265 e. The van der Waals surface area contributed by atoms with Gasteiger partial charge in [0.2, 0.25) is 0 Å². The molecule has 2 aromatic carbocycles. The molecule has 158 valence electrons. The first-order chi connectivity index (χ1) is 13.9. The number of fused-ring (bicyclic) bond motifs is 1. The van der Waals surface area contributed by atoms with Crippen LogP contribution in [0.25, 0.3) is 0 Å². The van der Waals surface area contributed by atoms with Gasteiger partial charge in [-0.3, -0.25) is 14.4 Å². The van der Waals surface area contributed by atoms with Crippen molar-refractivity contribution in [3.63, 3.8) is 0 Å². The molecule has 0 radical (unpaired) electrons. The van der Waals surface area contributed by atoms with E-state index in [0.717, 1.165) is 0 Å². The van der Waals surface area contributed by atoms with Gasteiger partial charge in [0.15, 0.2) is 11.9 Å². The highest BCUT2D eigenvalue weighted by Gasteiger charge is 2.30. The van der Waals surface area contributed by atoms with Crippen molar-refractivity contribution in [1.82, 2.24) is 4.90 Å². The summed E-state index contributed by atoms with van der Waals surface area (Å²) in [4.78, 5) is 39.2. The van der Waals surface area contributed by atoms with Gasteiger partial charge < -0.3 is 20.7 Å². The monoisotopic (exact) mass is 429 g/mol. The van der Waals surface area contributed by atoms with Crippen LogP contribution in [0.15, 0.2) is 42.5 Å². The third kappa shape index (κ3) is 4.11. The van der Waals surface area contributed by atoms with Gasteiger partial charge in [0.25, 0.3) is 11.8 Å². The predicted octanol–water partition coefficient (Wildman–Crippen LogP) is 3.15. The van der Waals surface area contributed by atoms with Crippen LogP contribution in [0.2, 0.25) is 0 Å². The molecule has 3 N–H and O–H groups in total. The lowest BCUT2D eigenvalue weighted by atomic mass is 9.88. The van der Waals surface area contributed by atoms with E-state index in [2.05, 4.69) is 5.32 Å². The van der Waals surface area contributed by atoms with Crippen LogP contribution >= 0.6 is 12.4 Å². The minimum absolute atomic E-state index is 0. The highest BCUT2D eigenvalue weighted by Crippen LogP contribution is 2.32. The fourth-order valence-corrected chi connectivity index (χ4v) is 3.80. The molecule has 1 saturated heterocycles. The van der Waals surface area contributed by atoms with Gasteiger partial charge in [-0.15, -0.1) is 12.4 Å². The minimum Gasteiger partial charge on any atom is -0.479 e. The molecule has 0 aliphatic carbocycles. The van der Waals surface area contributed by atoms with E-state index in [1.54, 1.807) is 54.3 Å². The number of halogens is 1. The number of ether oxygens (including phenoxy) is 1. The number of nitrogens with one attached hydrogen (secondary N) is 1. The fraction of sp³-hybridized carbons (Fsp3) is 0.318. The molecule has 7 nitrogen and oxygen atoms in total. The fourth-order valence-electron chi connectivity index (χ4n) is 3.80. The molecule has 0 aromatic heterocycles. The molecule has 1 fully saturated rings. The van der Waals surface area contributed by atoms with Crippen molar-refractivity contribution in [2.75, 3.05) is 24.1 Å². The topological polar surface area (TPSA) is 102 Å². The second kappa shape index (κ2) is 8.75. The zero-order valence-electron chi connectivity index (χ0n) is 16.6. The Morgan fingerprint density at radius 2 is 1.83 bits per heavy atom. The molecule has 4 rings (SSSR count). The van der Waals surface area contributed by atoms with Gasteiger partial charge in [-0.25, -0.2) is 0 Å². The van der Waals surface area contributed by atoms with Crippen molar-refractivity contribution >= 4 is 41.4 Å². The number of nitrogens with zero attached hydrogens (tertiary/aromatic N) is 1. The Kier molecular flexibility index (Phi) is 6.31. The molecular weight excluding hydrogens is 406 g/mol. The van der Waals surface area contributed by atoms with Crippen molar-refractivity contribution in [1.29, 1.82) is 0 Å². The zero-order valence-corrected chi connectivity index (χ0v) is 17.4. The number of rotatable bonds is 3. The van der Waals surface area contributed by atoms with Crippen LogP contribution in [0.4, 0.5) is 11.4 Å². The summed E-state index contributed by atoms with van der Waals surface area (Å²) in [7, 11) is 0. The summed E-state index contributed by atoms with van der Waals surface area (Å²) in [5.74, 6) is 0.0942. The van der Waals surface area contributed by atoms with Crippen molar-refractivity contribution in [2.24, 2.45) is 5.92 Å². The Morgan fingerprint density at radius 3 is 2.53 bits per heavy atom. The Labute approximate surface area is 181 Å². The van der Waals surface area contributed by atoms with Crippen LogP contribution in [0.3, 0.4) is 0 Å². The van der Waals surface area contributed by atoms with Crippen LogP contribution in [-0.2, 0) is 4.79 Å². The molecule has 2 amide bonds. The summed E-state index contributed by atoms with van der Waals surface area (Å²) in [5.41, 5.74) is 7.93. The molecule has 1 unspecified atom stereocenters. The number of hydrogen-bond acceptors (Lipinski definition) is 5. The van der Waals surface area contributed by atoms with Crippen molar-refractivity contribution in [3.05, 3.63) is 53.6 Å². The van der Waals surface area contributed by atoms with Crippen LogP contribution in [0, 0.1) is 5.92 Å². The number of likely N-dealkylation sites (tertiary alicyclic amines) is 1. The number of benzene rings is 2. The largest absolute Gasteiger partial charge is 0.479 e. The summed E-state index contributed by atoms with van der Waals surface area (Å²) in [6, 6.07) is 12.1. The van der Waals surface area contributed by atoms with Crippen molar-refractivity contribution in [3.8, 4) is 5.75 Å². The average Bonchev–Trinajstić information content (AvgIpc) is 2.74. The van der Waals surface area contributed by atoms with Crippen LogP contribution in [-0.4, -0.2) is 41.7 Å². The SMILES string of the molecule is CC1Oc2ccc(C(=O)C3CCN(C(=O)c4ccccc4N)CC3)cc2NC1=O.Cl. The number of piperidine rings is 1.